The predicted octanol–water partition coefficient (Wildman–Crippen LogP) is 2.10. The van der Waals surface area contributed by atoms with Gasteiger partial charge in [0, 0.05) is 6.54 Å². The molecule has 134 valence electrons. The molecule has 0 radical (unpaired) electrons. The number of carbonyl (C=O) groups is 2. The van der Waals surface area contributed by atoms with Crippen LogP contribution < -0.4 is 10.6 Å². The Morgan fingerprint density at radius 1 is 1.12 bits per heavy atom. The van der Waals surface area contributed by atoms with Crippen molar-refractivity contribution in [2.75, 3.05) is 6.54 Å². The van der Waals surface area contributed by atoms with E-state index >= 15 is 0 Å². The Kier molecular flexibility index (Phi) is 7.85. The van der Waals surface area contributed by atoms with E-state index in [2.05, 4.69) is 10.6 Å². The second-order valence-corrected chi connectivity index (χ2v) is 6.57. The molecule has 0 aliphatic carbocycles. The maximum Gasteiger partial charge on any atom is 0.254 e. The molecule has 1 rings (SSSR count). The van der Waals surface area contributed by atoms with Crippen molar-refractivity contribution < 1.29 is 19.1 Å². The highest BCUT2D eigenvalue weighted by atomic mass is 19.1. The van der Waals surface area contributed by atoms with Crippen molar-refractivity contribution in [2.24, 2.45) is 11.8 Å². The Morgan fingerprint density at radius 2 is 1.75 bits per heavy atom. The predicted molar refractivity (Wildman–Crippen MR) is 91.0 cm³/mol. The highest BCUT2D eigenvalue weighted by Gasteiger charge is 2.25. The lowest BCUT2D eigenvalue weighted by atomic mass is 10.0. The summed E-state index contributed by atoms with van der Waals surface area (Å²) in [7, 11) is 0. The zero-order valence-corrected chi connectivity index (χ0v) is 14.7. The average molecular weight is 338 g/mol. The van der Waals surface area contributed by atoms with E-state index in [9.17, 15) is 19.1 Å². The first kappa shape index (κ1) is 20.1. The fourth-order valence-corrected chi connectivity index (χ4v) is 2.19. The Hall–Kier alpha value is -1.95. The van der Waals surface area contributed by atoms with Gasteiger partial charge < -0.3 is 15.7 Å². The number of halogens is 1. The molecule has 3 N–H and O–H groups in total. The molecular formula is C18H27FN2O3. The minimum Gasteiger partial charge on any atom is -0.393 e. The van der Waals surface area contributed by atoms with Crippen molar-refractivity contribution >= 4 is 11.8 Å². The van der Waals surface area contributed by atoms with E-state index in [-0.39, 0.29) is 23.3 Å². The molecule has 2 atom stereocenters. The molecule has 5 nitrogen and oxygen atoms in total. The summed E-state index contributed by atoms with van der Waals surface area (Å²) < 4.78 is 13.7. The molecular weight excluding hydrogens is 311 g/mol. The van der Waals surface area contributed by atoms with E-state index < -0.39 is 23.9 Å². The fraction of sp³-hybridized carbons (Fsp3) is 0.556. The van der Waals surface area contributed by atoms with Crippen LogP contribution >= 0.6 is 0 Å². The van der Waals surface area contributed by atoms with Crippen LogP contribution in [0, 0.1) is 17.7 Å². The molecule has 0 aliphatic heterocycles. The van der Waals surface area contributed by atoms with Crippen LogP contribution in [0.1, 0.15) is 44.5 Å². The molecule has 0 fully saturated rings. The van der Waals surface area contributed by atoms with Gasteiger partial charge in [0.05, 0.1) is 11.7 Å². The molecule has 0 spiro atoms. The van der Waals surface area contributed by atoms with Crippen molar-refractivity contribution in [3.63, 3.8) is 0 Å². The van der Waals surface area contributed by atoms with Crippen LogP contribution in [0.5, 0.6) is 0 Å². The molecule has 0 aromatic heterocycles. The summed E-state index contributed by atoms with van der Waals surface area (Å²) in [6.45, 7) is 7.72. The lowest BCUT2D eigenvalue weighted by Crippen LogP contribution is -2.50. The van der Waals surface area contributed by atoms with Crippen molar-refractivity contribution in [2.45, 2.75) is 46.3 Å². The summed E-state index contributed by atoms with van der Waals surface area (Å²) in [4.78, 5) is 24.5. The summed E-state index contributed by atoms with van der Waals surface area (Å²) in [6.07, 6.45) is -0.0500. The van der Waals surface area contributed by atoms with E-state index in [0.29, 0.717) is 13.0 Å². The molecule has 1 aromatic rings. The van der Waals surface area contributed by atoms with Crippen LogP contribution in [0.4, 0.5) is 4.39 Å². The Balaban J connectivity index is 2.65. The largest absolute Gasteiger partial charge is 0.393 e. The zero-order valence-electron chi connectivity index (χ0n) is 14.7. The van der Waals surface area contributed by atoms with Gasteiger partial charge in [-0.05, 0) is 30.4 Å². The number of hydrogen-bond donors (Lipinski definition) is 3. The second kappa shape index (κ2) is 9.37. The van der Waals surface area contributed by atoms with Gasteiger partial charge in [0.2, 0.25) is 5.91 Å². The first-order valence-corrected chi connectivity index (χ1v) is 8.25. The Bertz CT molecular complexity index is 561. The third-order valence-electron chi connectivity index (χ3n) is 3.86. The topological polar surface area (TPSA) is 78.4 Å². The average Bonchev–Trinajstić information content (AvgIpc) is 2.52. The summed E-state index contributed by atoms with van der Waals surface area (Å²) in [5.74, 6) is -1.63. The van der Waals surface area contributed by atoms with E-state index in [1.165, 1.54) is 18.2 Å². The molecule has 2 amide bonds. The maximum atomic E-state index is 13.7. The number of aliphatic hydroxyl groups is 1. The summed E-state index contributed by atoms with van der Waals surface area (Å²) in [6, 6.07) is 4.87. The van der Waals surface area contributed by atoms with Crippen LogP contribution in [-0.2, 0) is 4.79 Å². The molecule has 24 heavy (non-hydrogen) atoms. The number of benzene rings is 1. The van der Waals surface area contributed by atoms with E-state index in [1.807, 2.05) is 13.8 Å². The molecule has 0 heterocycles. The normalized spacial score (nSPS) is 13.7. The number of rotatable bonds is 8. The number of aliphatic hydroxyl groups excluding tert-OH is 1. The molecule has 0 saturated heterocycles. The minimum absolute atomic E-state index is 0.0915. The maximum absolute atomic E-state index is 13.7. The van der Waals surface area contributed by atoms with Crippen LogP contribution in [0.2, 0.25) is 0 Å². The van der Waals surface area contributed by atoms with Crippen LogP contribution in [-0.4, -0.2) is 35.6 Å². The lowest BCUT2D eigenvalue weighted by Gasteiger charge is -2.22. The van der Waals surface area contributed by atoms with Gasteiger partial charge in [0.15, 0.2) is 0 Å². The van der Waals surface area contributed by atoms with E-state index in [0.717, 1.165) is 0 Å². The van der Waals surface area contributed by atoms with Gasteiger partial charge >= 0.3 is 0 Å². The van der Waals surface area contributed by atoms with Gasteiger partial charge in [0.25, 0.3) is 5.91 Å². The highest BCUT2D eigenvalue weighted by molar-refractivity contribution is 5.97. The molecule has 0 aliphatic rings. The van der Waals surface area contributed by atoms with E-state index in [1.54, 1.807) is 19.9 Å². The summed E-state index contributed by atoms with van der Waals surface area (Å²) >= 11 is 0. The van der Waals surface area contributed by atoms with Gasteiger partial charge in [-0.1, -0.05) is 39.8 Å². The lowest BCUT2D eigenvalue weighted by molar-refractivity contribution is -0.124. The summed E-state index contributed by atoms with van der Waals surface area (Å²) in [5, 5.41) is 15.0. The zero-order chi connectivity index (χ0) is 18.3. The molecule has 0 bridgehead atoms. The molecule has 0 saturated carbocycles. The van der Waals surface area contributed by atoms with Crippen molar-refractivity contribution in [3.05, 3.63) is 35.6 Å². The number of carbonyl (C=O) groups excluding carboxylic acids is 2. The van der Waals surface area contributed by atoms with Gasteiger partial charge in [-0.15, -0.1) is 0 Å². The SMILES string of the molecule is CC(C)C(O)CCNC(=O)C(NC(=O)c1ccccc1F)C(C)C. The number of nitrogens with one attached hydrogen (secondary N) is 2. The Labute approximate surface area is 142 Å². The van der Waals surface area contributed by atoms with E-state index in [4.69, 9.17) is 0 Å². The van der Waals surface area contributed by atoms with Gasteiger partial charge in [0.1, 0.15) is 11.9 Å². The van der Waals surface area contributed by atoms with Crippen molar-refractivity contribution in [1.82, 2.24) is 10.6 Å². The Morgan fingerprint density at radius 3 is 2.29 bits per heavy atom. The summed E-state index contributed by atoms with van der Waals surface area (Å²) in [5.41, 5.74) is -0.0915. The smallest absolute Gasteiger partial charge is 0.254 e. The van der Waals surface area contributed by atoms with Gasteiger partial charge in [-0.3, -0.25) is 9.59 Å². The molecule has 2 unspecified atom stereocenters. The van der Waals surface area contributed by atoms with Crippen molar-refractivity contribution in [1.29, 1.82) is 0 Å². The molecule has 1 aromatic carbocycles. The van der Waals surface area contributed by atoms with Crippen molar-refractivity contribution in [3.8, 4) is 0 Å². The number of hydrogen-bond acceptors (Lipinski definition) is 3. The van der Waals surface area contributed by atoms with Crippen LogP contribution in [0.25, 0.3) is 0 Å². The van der Waals surface area contributed by atoms with Gasteiger partial charge in [-0.25, -0.2) is 4.39 Å². The van der Waals surface area contributed by atoms with Gasteiger partial charge in [-0.2, -0.15) is 0 Å². The third-order valence-corrected chi connectivity index (χ3v) is 3.86. The van der Waals surface area contributed by atoms with Crippen LogP contribution in [0.15, 0.2) is 24.3 Å². The fourth-order valence-electron chi connectivity index (χ4n) is 2.19. The number of amides is 2. The molecule has 6 heteroatoms. The minimum atomic E-state index is -0.770. The first-order chi connectivity index (χ1) is 11.2. The third kappa shape index (κ3) is 5.92. The second-order valence-electron chi connectivity index (χ2n) is 6.57. The van der Waals surface area contributed by atoms with Crippen LogP contribution in [0.3, 0.4) is 0 Å². The standard InChI is InChI=1S/C18H27FN2O3/c1-11(2)15(22)9-10-20-18(24)16(12(3)4)21-17(23)13-7-5-6-8-14(13)19/h5-8,11-12,15-16,22H,9-10H2,1-4H3,(H,20,24)(H,21,23). The highest BCUT2D eigenvalue weighted by Crippen LogP contribution is 2.09. The quantitative estimate of drug-likeness (QED) is 0.679. The first-order valence-electron chi connectivity index (χ1n) is 8.25. The monoisotopic (exact) mass is 338 g/mol.